The number of hydrogen-bond donors (Lipinski definition) is 1. The molecule has 2 saturated heterocycles. The van der Waals surface area contributed by atoms with Gasteiger partial charge in [0.15, 0.2) is 0 Å². The Balaban J connectivity index is 1.20. The van der Waals surface area contributed by atoms with Gasteiger partial charge in [-0.15, -0.1) is 0 Å². The highest BCUT2D eigenvalue weighted by atomic mass is 16.5. The molecule has 2 aromatic carbocycles. The predicted octanol–water partition coefficient (Wildman–Crippen LogP) is 6.64. The predicted molar refractivity (Wildman–Crippen MR) is 163 cm³/mol. The number of aldehydes is 1. The number of benzene rings is 2. The third-order valence-electron chi connectivity index (χ3n) is 10.5. The minimum atomic E-state index is -0.779. The van der Waals surface area contributed by atoms with Crippen LogP contribution in [-0.2, 0) is 17.8 Å². The van der Waals surface area contributed by atoms with Gasteiger partial charge in [-0.3, -0.25) is 4.90 Å². The summed E-state index contributed by atoms with van der Waals surface area (Å²) in [4.78, 5) is 19.2. The molecular formula is C36H42N2O4. The SMILES string of the molecule is COc1cc(-c2ccc(C3CCc4ccc([C@H](C5CC5)[C@](C)(C=O)CO)cc4O3)cc2CN2[C@H]3CC[C@@H]2CC3)ccn1. The molecule has 1 N–H and O–H groups in total. The molecule has 1 aromatic heterocycles. The number of aryl methyl sites for hydroxylation is 1. The van der Waals surface area contributed by atoms with E-state index in [2.05, 4.69) is 52.3 Å². The van der Waals surface area contributed by atoms with E-state index in [1.54, 1.807) is 7.11 Å². The quantitative estimate of drug-likeness (QED) is 0.277. The molecule has 3 aromatic rings. The van der Waals surface area contributed by atoms with Gasteiger partial charge in [-0.05, 0) is 103 Å². The maximum Gasteiger partial charge on any atom is 0.213 e. The van der Waals surface area contributed by atoms with Crippen molar-refractivity contribution in [1.82, 2.24) is 9.88 Å². The Hall–Kier alpha value is -3.22. The summed E-state index contributed by atoms with van der Waals surface area (Å²) in [5, 5.41) is 10.1. The van der Waals surface area contributed by atoms with Crippen LogP contribution in [0.1, 0.15) is 86.1 Å². The third-order valence-corrected chi connectivity index (χ3v) is 10.5. The van der Waals surface area contributed by atoms with E-state index in [0.29, 0.717) is 23.9 Å². The summed E-state index contributed by atoms with van der Waals surface area (Å²) in [7, 11) is 1.66. The van der Waals surface area contributed by atoms with Crippen LogP contribution in [-0.4, -0.2) is 47.1 Å². The van der Waals surface area contributed by atoms with Crippen molar-refractivity contribution in [3.05, 3.63) is 77.0 Å². The van der Waals surface area contributed by atoms with E-state index in [-0.39, 0.29) is 18.6 Å². The van der Waals surface area contributed by atoms with E-state index in [0.717, 1.165) is 55.4 Å². The van der Waals surface area contributed by atoms with Gasteiger partial charge >= 0.3 is 0 Å². The summed E-state index contributed by atoms with van der Waals surface area (Å²) in [6.45, 7) is 2.70. The zero-order chi connectivity index (χ0) is 28.8. The fourth-order valence-electron chi connectivity index (χ4n) is 8.03. The average Bonchev–Trinajstić information content (AvgIpc) is 3.71. The molecule has 4 aliphatic rings. The topological polar surface area (TPSA) is 71.9 Å². The maximum atomic E-state index is 12.1. The number of fused-ring (bicyclic) bond motifs is 3. The van der Waals surface area contributed by atoms with Gasteiger partial charge in [0.05, 0.1) is 19.1 Å². The first-order valence-corrected chi connectivity index (χ1v) is 15.8. The summed E-state index contributed by atoms with van der Waals surface area (Å²) in [5.41, 5.74) is 6.45. The molecule has 6 nitrogen and oxygen atoms in total. The van der Waals surface area contributed by atoms with Gasteiger partial charge in [-0.25, -0.2) is 4.98 Å². The molecule has 3 aliphatic heterocycles. The number of carbonyl (C=O) groups excluding carboxylic acids is 1. The van der Waals surface area contributed by atoms with Crippen molar-refractivity contribution in [2.75, 3.05) is 13.7 Å². The van der Waals surface area contributed by atoms with Crippen LogP contribution in [0.2, 0.25) is 0 Å². The van der Waals surface area contributed by atoms with Gasteiger partial charge in [0, 0.05) is 36.8 Å². The van der Waals surface area contributed by atoms with Crippen molar-refractivity contribution in [2.45, 2.75) is 88.9 Å². The molecule has 1 aliphatic carbocycles. The van der Waals surface area contributed by atoms with Crippen molar-refractivity contribution in [2.24, 2.45) is 11.3 Å². The second kappa shape index (κ2) is 11.1. The Morgan fingerprint density at radius 2 is 1.83 bits per heavy atom. The van der Waals surface area contributed by atoms with Crippen molar-refractivity contribution in [1.29, 1.82) is 0 Å². The summed E-state index contributed by atoms with van der Waals surface area (Å²) in [6.07, 6.45) is 12.1. The zero-order valence-corrected chi connectivity index (χ0v) is 24.8. The number of rotatable bonds is 10. The van der Waals surface area contributed by atoms with E-state index < -0.39 is 5.41 Å². The molecule has 7 rings (SSSR count). The summed E-state index contributed by atoms with van der Waals surface area (Å²) < 4.78 is 12.2. The molecule has 3 atom stereocenters. The highest BCUT2D eigenvalue weighted by molar-refractivity contribution is 5.69. The Morgan fingerprint density at radius 1 is 1.05 bits per heavy atom. The minimum absolute atomic E-state index is 0.00773. The number of carbonyl (C=O) groups is 1. The van der Waals surface area contributed by atoms with E-state index in [1.165, 1.54) is 47.9 Å². The maximum absolute atomic E-state index is 12.1. The second-order valence-electron chi connectivity index (χ2n) is 13.2. The van der Waals surface area contributed by atoms with Gasteiger partial charge in [0.25, 0.3) is 0 Å². The highest BCUT2D eigenvalue weighted by Crippen LogP contribution is 2.52. The molecule has 2 bridgehead atoms. The van der Waals surface area contributed by atoms with Crippen molar-refractivity contribution in [3.63, 3.8) is 0 Å². The van der Waals surface area contributed by atoms with Crippen LogP contribution in [0.25, 0.3) is 11.1 Å². The smallest absolute Gasteiger partial charge is 0.213 e. The molecule has 6 heteroatoms. The van der Waals surface area contributed by atoms with E-state index in [9.17, 15) is 9.90 Å². The second-order valence-corrected chi connectivity index (χ2v) is 13.2. The van der Waals surface area contributed by atoms with Gasteiger partial charge in [0.2, 0.25) is 5.88 Å². The molecule has 0 amide bonds. The van der Waals surface area contributed by atoms with E-state index >= 15 is 0 Å². The van der Waals surface area contributed by atoms with Crippen molar-refractivity contribution < 1.29 is 19.4 Å². The fourth-order valence-corrected chi connectivity index (χ4v) is 8.03. The molecule has 42 heavy (non-hydrogen) atoms. The lowest BCUT2D eigenvalue weighted by Gasteiger charge is -2.33. The minimum Gasteiger partial charge on any atom is -0.485 e. The molecule has 1 saturated carbocycles. The molecule has 3 fully saturated rings. The normalized spacial score (nSPS) is 25.4. The number of methoxy groups -OCH3 is 1. The summed E-state index contributed by atoms with van der Waals surface area (Å²) in [6, 6.07) is 18.8. The number of hydrogen-bond acceptors (Lipinski definition) is 6. The monoisotopic (exact) mass is 566 g/mol. The van der Waals surface area contributed by atoms with Crippen LogP contribution in [0.3, 0.4) is 0 Å². The number of ether oxygens (including phenoxy) is 2. The van der Waals surface area contributed by atoms with Gasteiger partial charge in [-0.2, -0.15) is 0 Å². The molecule has 220 valence electrons. The Kier molecular flexibility index (Phi) is 7.31. The van der Waals surface area contributed by atoms with Crippen LogP contribution < -0.4 is 9.47 Å². The van der Waals surface area contributed by atoms with E-state index in [4.69, 9.17) is 9.47 Å². The van der Waals surface area contributed by atoms with Gasteiger partial charge in [-0.1, -0.05) is 37.3 Å². The Bertz CT molecular complexity index is 1450. The van der Waals surface area contributed by atoms with Crippen molar-refractivity contribution in [3.8, 4) is 22.8 Å². The number of aromatic nitrogens is 1. The lowest BCUT2D eigenvalue weighted by Crippen LogP contribution is -2.33. The highest BCUT2D eigenvalue weighted by Gasteiger charge is 2.45. The first kappa shape index (κ1) is 27.6. The summed E-state index contributed by atoms with van der Waals surface area (Å²) in [5.74, 6) is 1.99. The Labute approximate surface area is 249 Å². The standard InChI is InChI=1S/C36H42N2O4/c1-36(21-39,22-40)35(24-4-5-24)27-6-3-23-8-14-32(42-33(23)18-27)26-7-13-31(25-15-16-37-34(19-25)41-2)28(17-26)20-38-29-9-10-30(38)12-11-29/h3,6-7,13,15-19,21,24,29-30,32,35,40H,4-5,8-12,14,20,22H2,1-2H3/t29-,30+,32?,35-,36+/m0/s1. The summed E-state index contributed by atoms with van der Waals surface area (Å²) >= 11 is 0. The first-order valence-electron chi connectivity index (χ1n) is 15.8. The first-order chi connectivity index (χ1) is 20.5. The van der Waals surface area contributed by atoms with Gasteiger partial charge < -0.3 is 19.4 Å². The van der Waals surface area contributed by atoms with E-state index in [1.807, 2.05) is 19.2 Å². The third kappa shape index (κ3) is 5.03. The number of pyridine rings is 1. The number of aliphatic hydroxyl groups excluding tert-OH is 1. The molecular weight excluding hydrogens is 524 g/mol. The zero-order valence-electron chi connectivity index (χ0n) is 24.8. The molecule has 0 spiro atoms. The van der Waals surface area contributed by atoms with Crippen LogP contribution >= 0.6 is 0 Å². The van der Waals surface area contributed by atoms with Gasteiger partial charge in [0.1, 0.15) is 18.1 Å². The largest absolute Gasteiger partial charge is 0.485 e. The molecule has 4 heterocycles. The number of aliphatic hydroxyl groups is 1. The Morgan fingerprint density at radius 3 is 2.52 bits per heavy atom. The van der Waals surface area contributed by atoms with Crippen LogP contribution in [0.5, 0.6) is 11.6 Å². The molecule has 1 unspecified atom stereocenters. The molecule has 0 radical (unpaired) electrons. The van der Waals surface area contributed by atoms with Crippen LogP contribution in [0.15, 0.2) is 54.7 Å². The lowest BCUT2D eigenvalue weighted by atomic mass is 9.72. The number of nitrogens with zero attached hydrogens (tertiary/aromatic N) is 2. The van der Waals surface area contributed by atoms with Crippen LogP contribution in [0, 0.1) is 11.3 Å². The lowest BCUT2D eigenvalue weighted by molar-refractivity contribution is -0.119. The fraction of sp³-hybridized carbons (Fsp3) is 0.500. The van der Waals surface area contributed by atoms with Crippen LogP contribution in [0.4, 0.5) is 0 Å². The average molecular weight is 567 g/mol. The van der Waals surface area contributed by atoms with Crippen molar-refractivity contribution >= 4 is 6.29 Å².